The summed E-state index contributed by atoms with van der Waals surface area (Å²) in [6, 6.07) is 2.18. The zero-order chi connectivity index (χ0) is 10.8. The Bertz CT molecular complexity index is 443. The molecule has 0 spiro atoms. The number of hydrogen-bond acceptors (Lipinski definition) is 5. The molecule has 2 aromatic heterocycles. The maximum atomic E-state index is 4.26. The molecule has 0 aromatic carbocycles. The quantitative estimate of drug-likeness (QED) is 0.844. The second-order valence-corrected chi connectivity index (χ2v) is 5.18. The molecule has 1 saturated heterocycles. The van der Waals surface area contributed by atoms with Gasteiger partial charge in [-0.3, -0.25) is 4.90 Å². The Labute approximate surface area is 98.3 Å². The highest BCUT2D eigenvalue weighted by atomic mass is 32.1. The van der Waals surface area contributed by atoms with E-state index in [0.29, 0.717) is 0 Å². The summed E-state index contributed by atoms with van der Waals surface area (Å²) in [5.41, 5.74) is 1.07. The van der Waals surface area contributed by atoms with Crippen LogP contribution in [0.1, 0.15) is 4.88 Å². The van der Waals surface area contributed by atoms with Gasteiger partial charge in [0.15, 0.2) is 0 Å². The topological polar surface area (TPSA) is 41.1 Å². The maximum absolute atomic E-state index is 4.26. The summed E-state index contributed by atoms with van der Waals surface area (Å²) in [4.78, 5) is 12.2. The third-order valence-electron chi connectivity index (χ3n) is 2.84. The summed E-state index contributed by atoms with van der Waals surface area (Å²) >= 11 is 1.80. The van der Waals surface area contributed by atoms with Crippen molar-refractivity contribution in [3.8, 4) is 0 Å². The van der Waals surface area contributed by atoms with Gasteiger partial charge < -0.3 is 5.32 Å². The minimum Gasteiger partial charge on any atom is -0.314 e. The van der Waals surface area contributed by atoms with Gasteiger partial charge in [0.1, 0.15) is 6.33 Å². The maximum Gasteiger partial charge on any atom is 0.116 e. The lowest BCUT2D eigenvalue weighted by Crippen LogP contribution is -2.42. The lowest BCUT2D eigenvalue weighted by Gasteiger charge is -2.26. The molecule has 0 saturated carbocycles. The van der Waals surface area contributed by atoms with E-state index >= 15 is 0 Å². The predicted octanol–water partition coefficient (Wildman–Crippen LogP) is 1.10. The second-order valence-electron chi connectivity index (χ2n) is 4.01. The summed E-state index contributed by atoms with van der Waals surface area (Å²) in [5, 5.41) is 3.37. The molecule has 1 N–H and O–H groups in total. The van der Waals surface area contributed by atoms with E-state index < -0.39 is 0 Å². The highest BCUT2D eigenvalue weighted by molar-refractivity contribution is 7.18. The molecule has 0 unspecified atom stereocenters. The van der Waals surface area contributed by atoms with Crippen LogP contribution in [-0.4, -0.2) is 41.0 Å². The van der Waals surface area contributed by atoms with E-state index in [4.69, 9.17) is 0 Å². The van der Waals surface area contributed by atoms with Crippen molar-refractivity contribution in [3.05, 3.63) is 23.5 Å². The molecule has 1 aliphatic rings. The van der Waals surface area contributed by atoms with Crippen molar-refractivity contribution >= 4 is 21.6 Å². The Balaban J connectivity index is 1.78. The first-order chi connectivity index (χ1) is 7.92. The molecule has 84 valence electrons. The molecule has 0 aliphatic carbocycles. The van der Waals surface area contributed by atoms with Crippen LogP contribution in [0.4, 0.5) is 0 Å². The summed E-state index contributed by atoms with van der Waals surface area (Å²) in [6.45, 7) is 5.53. The molecule has 1 aliphatic heterocycles. The Morgan fingerprint density at radius 3 is 3.06 bits per heavy atom. The molecule has 1 fully saturated rings. The van der Waals surface area contributed by atoms with Crippen molar-refractivity contribution in [2.75, 3.05) is 26.2 Å². The van der Waals surface area contributed by atoms with Crippen molar-refractivity contribution in [3.63, 3.8) is 0 Å². The molecule has 2 aromatic rings. The van der Waals surface area contributed by atoms with Crippen LogP contribution in [0.5, 0.6) is 0 Å². The molecule has 5 heteroatoms. The van der Waals surface area contributed by atoms with Crippen LogP contribution in [0, 0.1) is 0 Å². The van der Waals surface area contributed by atoms with Gasteiger partial charge in [0.2, 0.25) is 0 Å². The van der Waals surface area contributed by atoms with Crippen LogP contribution in [0.2, 0.25) is 0 Å². The first-order valence-corrected chi connectivity index (χ1v) is 6.35. The first-order valence-electron chi connectivity index (χ1n) is 5.53. The van der Waals surface area contributed by atoms with Crippen LogP contribution in [0.25, 0.3) is 10.2 Å². The van der Waals surface area contributed by atoms with Gasteiger partial charge in [-0.15, -0.1) is 11.3 Å². The van der Waals surface area contributed by atoms with E-state index in [1.807, 2.05) is 6.20 Å². The monoisotopic (exact) mass is 234 g/mol. The SMILES string of the molecule is c1ncc2sc(CN3CCNCC3)cc2n1. The molecule has 0 bridgehead atoms. The van der Waals surface area contributed by atoms with E-state index in [0.717, 1.165) is 38.2 Å². The number of rotatable bonds is 2. The number of nitrogens with one attached hydrogen (secondary N) is 1. The molecule has 0 radical (unpaired) electrons. The van der Waals surface area contributed by atoms with Gasteiger partial charge in [-0.05, 0) is 6.07 Å². The normalized spacial score (nSPS) is 18.0. The molecule has 3 heterocycles. The number of fused-ring (bicyclic) bond motifs is 1. The van der Waals surface area contributed by atoms with Crippen LogP contribution < -0.4 is 5.32 Å². The van der Waals surface area contributed by atoms with Gasteiger partial charge in [0, 0.05) is 43.8 Å². The number of piperazine rings is 1. The summed E-state index contributed by atoms with van der Waals surface area (Å²) in [5.74, 6) is 0. The third-order valence-corrected chi connectivity index (χ3v) is 3.88. The van der Waals surface area contributed by atoms with Gasteiger partial charge in [0.25, 0.3) is 0 Å². The van der Waals surface area contributed by atoms with Crippen molar-refractivity contribution in [1.82, 2.24) is 20.2 Å². The zero-order valence-electron chi connectivity index (χ0n) is 9.02. The van der Waals surface area contributed by atoms with Gasteiger partial charge in [-0.1, -0.05) is 0 Å². The fourth-order valence-electron chi connectivity index (χ4n) is 2.00. The van der Waals surface area contributed by atoms with Crippen LogP contribution in [0.3, 0.4) is 0 Å². The van der Waals surface area contributed by atoms with Crippen molar-refractivity contribution < 1.29 is 0 Å². The standard InChI is InChI=1S/C11H14N4S/c1-3-15(4-2-12-1)7-9-5-10-11(16-9)6-13-8-14-10/h5-6,8,12H,1-4,7H2. The molecule has 16 heavy (non-hydrogen) atoms. The van der Waals surface area contributed by atoms with Gasteiger partial charge >= 0.3 is 0 Å². The van der Waals surface area contributed by atoms with Crippen LogP contribution in [0.15, 0.2) is 18.6 Å². The highest BCUT2D eigenvalue weighted by Crippen LogP contribution is 2.23. The van der Waals surface area contributed by atoms with E-state index in [1.54, 1.807) is 17.7 Å². The van der Waals surface area contributed by atoms with E-state index in [2.05, 4.69) is 26.3 Å². The number of hydrogen-bond donors (Lipinski definition) is 1. The van der Waals surface area contributed by atoms with E-state index in [-0.39, 0.29) is 0 Å². The molecule has 0 amide bonds. The van der Waals surface area contributed by atoms with Gasteiger partial charge in [-0.25, -0.2) is 9.97 Å². The predicted molar refractivity (Wildman–Crippen MR) is 65.6 cm³/mol. The Morgan fingerprint density at radius 2 is 2.25 bits per heavy atom. The van der Waals surface area contributed by atoms with Gasteiger partial charge in [0.05, 0.1) is 10.2 Å². The second kappa shape index (κ2) is 4.45. The molecular weight excluding hydrogens is 220 g/mol. The van der Waals surface area contributed by atoms with Gasteiger partial charge in [-0.2, -0.15) is 0 Å². The van der Waals surface area contributed by atoms with Crippen molar-refractivity contribution in [2.24, 2.45) is 0 Å². The zero-order valence-corrected chi connectivity index (χ0v) is 9.83. The fraction of sp³-hybridized carbons (Fsp3) is 0.455. The molecular formula is C11H14N4S. The largest absolute Gasteiger partial charge is 0.314 e. The van der Waals surface area contributed by atoms with Crippen molar-refractivity contribution in [2.45, 2.75) is 6.54 Å². The Kier molecular flexibility index (Phi) is 2.82. The molecule has 3 rings (SSSR count). The molecule has 0 atom stereocenters. The minimum atomic E-state index is 1.04. The summed E-state index contributed by atoms with van der Waals surface area (Å²) in [6.07, 6.45) is 3.51. The number of nitrogens with zero attached hydrogens (tertiary/aromatic N) is 3. The van der Waals surface area contributed by atoms with E-state index in [9.17, 15) is 0 Å². The van der Waals surface area contributed by atoms with E-state index in [1.165, 1.54) is 9.58 Å². The average molecular weight is 234 g/mol. The number of aromatic nitrogens is 2. The Hall–Kier alpha value is -1.04. The van der Waals surface area contributed by atoms with Crippen LogP contribution >= 0.6 is 11.3 Å². The number of thiophene rings is 1. The minimum absolute atomic E-state index is 1.04. The molecule has 4 nitrogen and oxygen atoms in total. The highest BCUT2D eigenvalue weighted by Gasteiger charge is 2.11. The smallest absolute Gasteiger partial charge is 0.116 e. The third kappa shape index (κ3) is 2.07. The summed E-state index contributed by atoms with van der Waals surface area (Å²) in [7, 11) is 0. The van der Waals surface area contributed by atoms with Crippen LogP contribution in [-0.2, 0) is 6.54 Å². The summed E-state index contributed by atoms with van der Waals surface area (Å²) < 4.78 is 1.19. The lowest BCUT2D eigenvalue weighted by molar-refractivity contribution is 0.235. The average Bonchev–Trinajstić information content (AvgIpc) is 2.72. The lowest BCUT2D eigenvalue weighted by atomic mass is 10.3. The fourth-order valence-corrected chi connectivity index (χ4v) is 3.03. The first kappa shape index (κ1) is 10.1. The van der Waals surface area contributed by atoms with Crippen molar-refractivity contribution in [1.29, 1.82) is 0 Å². The Morgan fingerprint density at radius 1 is 1.38 bits per heavy atom.